The number of nitrogens with one attached hydrogen (secondary N) is 1. The summed E-state index contributed by atoms with van der Waals surface area (Å²) in [5, 5.41) is 7.42. The van der Waals surface area contributed by atoms with Crippen LogP contribution in [0.25, 0.3) is 6.20 Å². The zero-order valence-corrected chi connectivity index (χ0v) is 12.3. The van der Waals surface area contributed by atoms with Gasteiger partial charge in [0.2, 0.25) is 5.91 Å². The molecule has 1 aromatic rings. The van der Waals surface area contributed by atoms with Crippen molar-refractivity contribution in [1.82, 2.24) is 20.0 Å². The van der Waals surface area contributed by atoms with Gasteiger partial charge in [0.05, 0.1) is 12.2 Å². The van der Waals surface area contributed by atoms with Gasteiger partial charge < -0.3 is 10.2 Å². The smallest absolute Gasteiger partial charge is 0.239 e. The number of amides is 1. The lowest BCUT2D eigenvalue weighted by atomic mass is 10.0. The molecule has 0 aliphatic carbocycles. The topological polar surface area (TPSA) is 50.2 Å². The van der Waals surface area contributed by atoms with Crippen LogP contribution in [0.2, 0.25) is 0 Å². The third-order valence-electron chi connectivity index (χ3n) is 2.84. The molecule has 0 spiro atoms. The van der Waals surface area contributed by atoms with Crippen molar-refractivity contribution >= 4 is 12.1 Å². The van der Waals surface area contributed by atoms with E-state index in [0.717, 1.165) is 12.0 Å². The molecule has 0 aromatic carbocycles. The summed E-state index contributed by atoms with van der Waals surface area (Å²) < 4.78 is 1.65. The molecule has 0 aliphatic heterocycles. The first-order chi connectivity index (χ1) is 8.93. The fraction of sp³-hybridized carbons (Fsp3) is 0.571. The molecule has 1 rings (SSSR count). The summed E-state index contributed by atoms with van der Waals surface area (Å²) in [5.41, 5.74) is 1.04. The van der Waals surface area contributed by atoms with E-state index in [9.17, 15) is 4.79 Å². The first kappa shape index (κ1) is 15.4. The maximum atomic E-state index is 12.1. The molecule has 0 saturated heterocycles. The maximum absolute atomic E-state index is 12.1. The van der Waals surface area contributed by atoms with E-state index in [2.05, 4.69) is 30.8 Å². The quantitative estimate of drug-likeness (QED) is 0.813. The Balaban J connectivity index is 2.61. The van der Waals surface area contributed by atoms with E-state index in [-0.39, 0.29) is 11.9 Å². The van der Waals surface area contributed by atoms with E-state index in [1.165, 1.54) is 0 Å². The molecule has 1 heterocycles. The molecule has 0 radical (unpaired) electrons. The van der Waals surface area contributed by atoms with Gasteiger partial charge in [0, 0.05) is 38.6 Å². The third-order valence-corrected chi connectivity index (χ3v) is 2.84. The summed E-state index contributed by atoms with van der Waals surface area (Å²) in [7, 11) is 3.57. The van der Waals surface area contributed by atoms with E-state index in [1.807, 2.05) is 6.20 Å². The Morgan fingerprint density at radius 1 is 1.58 bits per heavy atom. The van der Waals surface area contributed by atoms with Crippen molar-refractivity contribution in [1.29, 1.82) is 0 Å². The van der Waals surface area contributed by atoms with Crippen LogP contribution in [0, 0.1) is 5.92 Å². The minimum atomic E-state index is -0.151. The second-order valence-corrected chi connectivity index (χ2v) is 5.31. The van der Waals surface area contributed by atoms with Crippen LogP contribution in [0.1, 0.15) is 25.8 Å². The van der Waals surface area contributed by atoms with E-state index >= 15 is 0 Å². The highest BCUT2D eigenvalue weighted by molar-refractivity contribution is 5.81. The first-order valence-corrected chi connectivity index (χ1v) is 6.54. The van der Waals surface area contributed by atoms with Crippen LogP contribution in [0.3, 0.4) is 0 Å². The van der Waals surface area contributed by atoms with Gasteiger partial charge in [-0.15, -0.1) is 0 Å². The molecule has 0 saturated carbocycles. The molecule has 19 heavy (non-hydrogen) atoms. The minimum absolute atomic E-state index is 0.116. The number of aromatic nitrogens is 2. The molecule has 1 amide bonds. The van der Waals surface area contributed by atoms with Crippen molar-refractivity contribution in [2.24, 2.45) is 5.92 Å². The summed E-state index contributed by atoms with van der Waals surface area (Å²) in [6.45, 7) is 8.52. The van der Waals surface area contributed by atoms with Gasteiger partial charge in [0.1, 0.15) is 0 Å². The molecule has 1 unspecified atom stereocenters. The molecule has 1 N–H and O–H groups in total. The predicted octanol–water partition coefficient (Wildman–Crippen LogP) is 1.58. The van der Waals surface area contributed by atoms with Gasteiger partial charge in [0.25, 0.3) is 0 Å². The molecule has 0 fully saturated rings. The second-order valence-electron chi connectivity index (χ2n) is 5.31. The Labute approximate surface area is 115 Å². The highest BCUT2D eigenvalue weighted by Gasteiger charge is 2.20. The lowest BCUT2D eigenvalue weighted by Crippen LogP contribution is -2.44. The molecule has 5 nitrogen and oxygen atoms in total. The zero-order chi connectivity index (χ0) is 14.4. The average molecular weight is 264 g/mol. The van der Waals surface area contributed by atoms with E-state index in [4.69, 9.17) is 0 Å². The van der Waals surface area contributed by atoms with E-state index in [1.54, 1.807) is 36.1 Å². The lowest BCUT2D eigenvalue weighted by molar-refractivity contribution is -0.131. The van der Waals surface area contributed by atoms with Gasteiger partial charge in [-0.2, -0.15) is 5.10 Å². The maximum Gasteiger partial charge on any atom is 0.239 e. The third kappa shape index (κ3) is 4.87. The van der Waals surface area contributed by atoms with Crippen LogP contribution < -0.4 is 5.32 Å². The molecule has 0 bridgehead atoms. The largest absolute Gasteiger partial charge is 0.347 e. The first-order valence-electron chi connectivity index (χ1n) is 6.54. The van der Waals surface area contributed by atoms with Crippen LogP contribution in [0.4, 0.5) is 0 Å². The number of likely N-dealkylation sites (N-methyl/N-ethyl adjacent to an activating group) is 1. The molecule has 0 aliphatic rings. The summed E-state index contributed by atoms with van der Waals surface area (Å²) in [5.74, 6) is 0.585. The minimum Gasteiger partial charge on any atom is -0.347 e. The highest BCUT2D eigenvalue weighted by atomic mass is 16.2. The summed E-state index contributed by atoms with van der Waals surface area (Å²) in [6.07, 6.45) is 6.14. The summed E-state index contributed by atoms with van der Waals surface area (Å²) in [6, 6.07) is -0.151. The van der Waals surface area contributed by atoms with Crippen molar-refractivity contribution in [2.75, 3.05) is 14.1 Å². The number of nitrogens with zero attached hydrogens (tertiary/aromatic N) is 3. The van der Waals surface area contributed by atoms with Gasteiger partial charge in [-0.1, -0.05) is 20.4 Å². The second kappa shape index (κ2) is 7.09. The average Bonchev–Trinajstić information content (AvgIpc) is 2.80. The number of carbonyl (C=O) groups excluding carboxylic acids is 1. The van der Waals surface area contributed by atoms with Gasteiger partial charge in [-0.25, -0.2) is 4.68 Å². The molecule has 1 aromatic heterocycles. The Bertz CT molecular complexity index is 423. The number of hydrogen-bond donors (Lipinski definition) is 1. The Kier molecular flexibility index (Phi) is 5.76. The van der Waals surface area contributed by atoms with E-state index < -0.39 is 0 Å². The van der Waals surface area contributed by atoms with Crippen molar-refractivity contribution in [3.8, 4) is 0 Å². The van der Waals surface area contributed by atoms with Crippen molar-refractivity contribution in [3.05, 3.63) is 24.5 Å². The fourth-order valence-electron chi connectivity index (χ4n) is 1.86. The fourth-order valence-corrected chi connectivity index (χ4v) is 1.86. The molecular formula is C14H24N4O. The lowest BCUT2D eigenvalue weighted by Gasteiger charge is -2.23. The van der Waals surface area contributed by atoms with Crippen LogP contribution in [-0.4, -0.2) is 40.7 Å². The van der Waals surface area contributed by atoms with Gasteiger partial charge in [-0.05, 0) is 12.3 Å². The van der Waals surface area contributed by atoms with Crippen molar-refractivity contribution in [3.63, 3.8) is 0 Å². The Morgan fingerprint density at radius 3 is 2.74 bits per heavy atom. The molecule has 1 atom stereocenters. The zero-order valence-electron chi connectivity index (χ0n) is 12.3. The van der Waals surface area contributed by atoms with Gasteiger partial charge in [0.15, 0.2) is 0 Å². The SMILES string of the molecule is C=Cn1cc(CNC(CC(C)C)C(=O)N(C)C)cn1. The number of hydrogen-bond acceptors (Lipinski definition) is 3. The summed E-state index contributed by atoms with van der Waals surface area (Å²) >= 11 is 0. The Hall–Kier alpha value is -1.62. The van der Waals surface area contributed by atoms with Crippen LogP contribution >= 0.6 is 0 Å². The van der Waals surface area contributed by atoms with Gasteiger partial charge in [-0.3, -0.25) is 4.79 Å². The van der Waals surface area contributed by atoms with Gasteiger partial charge >= 0.3 is 0 Å². The highest BCUT2D eigenvalue weighted by Crippen LogP contribution is 2.08. The van der Waals surface area contributed by atoms with Crippen LogP contribution in [0.5, 0.6) is 0 Å². The molecular weight excluding hydrogens is 240 g/mol. The molecule has 106 valence electrons. The van der Waals surface area contributed by atoms with E-state index in [0.29, 0.717) is 12.5 Å². The Morgan fingerprint density at radius 2 is 2.26 bits per heavy atom. The monoisotopic (exact) mass is 264 g/mol. The van der Waals surface area contributed by atoms with Crippen molar-refractivity contribution in [2.45, 2.75) is 32.9 Å². The molecule has 5 heteroatoms. The number of carbonyl (C=O) groups is 1. The standard InChI is InChI=1S/C14H24N4O/c1-6-18-10-12(9-16-18)8-15-13(7-11(2)3)14(19)17(4)5/h6,9-11,13,15H,1,7-8H2,2-5H3. The van der Waals surface area contributed by atoms with Crippen molar-refractivity contribution < 1.29 is 4.79 Å². The predicted molar refractivity (Wildman–Crippen MR) is 77.4 cm³/mol. The van der Waals surface area contributed by atoms with Crippen LogP contribution in [0.15, 0.2) is 19.0 Å². The summed E-state index contributed by atoms with van der Waals surface area (Å²) in [4.78, 5) is 13.7. The van der Waals surface area contributed by atoms with Crippen LogP contribution in [-0.2, 0) is 11.3 Å². The number of rotatable bonds is 7. The normalized spacial score (nSPS) is 12.5.